The van der Waals surface area contributed by atoms with E-state index in [9.17, 15) is 4.79 Å². The van der Waals surface area contributed by atoms with Crippen molar-refractivity contribution in [1.29, 1.82) is 0 Å². The Morgan fingerprint density at radius 2 is 1.88 bits per heavy atom. The summed E-state index contributed by atoms with van der Waals surface area (Å²) in [7, 11) is 0. The Kier molecular flexibility index (Phi) is 9.31. The molecule has 5 heteroatoms. The molecule has 0 N–H and O–H groups in total. The molecule has 1 fully saturated rings. The highest BCUT2D eigenvalue weighted by atomic mass is 16.2. The molecule has 0 spiro atoms. The van der Waals surface area contributed by atoms with Crippen molar-refractivity contribution >= 4 is 18.5 Å². The molecule has 0 bridgehead atoms. The van der Waals surface area contributed by atoms with E-state index in [-0.39, 0.29) is 5.41 Å². The van der Waals surface area contributed by atoms with Gasteiger partial charge in [0.1, 0.15) is 6.34 Å². The number of hydrazone groups is 1. The molecule has 32 heavy (non-hydrogen) atoms. The molecule has 0 radical (unpaired) electrons. The molecule has 1 aromatic rings. The zero-order valence-electron chi connectivity index (χ0n) is 20.4. The molecule has 1 aromatic carbocycles. The number of unbranched alkanes of at least 4 members (excludes halogenated alkanes) is 3. The van der Waals surface area contributed by atoms with Crippen molar-refractivity contribution in [2.75, 3.05) is 26.2 Å². The van der Waals surface area contributed by atoms with Gasteiger partial charge in [-0.1, -0.05) is 75.8 Å². The van der Waals surface area contributed by atoms with Crippen molar-refractivity contribution in [3.8, 4) is 0 Å². The zero-order chi connectivity index (χ0) is 22.8. The minimum Gasteiger partial charge on any atom is -0.343 e. The van der Waals surface area contributed by atoms with Crippen LogP contribution in [0, 0.1) is 18.3 Å². The third-order valence-corrected chi connectivity index (χ3v) is 7.57. The number of aryl methyl sites for hydroxylation is 2. The van der Waals surface area contributed by atoms with E-state index in [1.165, 1.54) is 43.2 Å². The molecule has 1 saturated heterocycles. The average molecular weight is 439 g/mol. The van der Waals surface area contributed by atoms with Gasteiger partial charge in [-0.05, 0) is 43.1 Å². The zero-order valence-corrected chi connectivity index (χ0v) is 20.4. The first kappa shape index (κ1) is 24.5. The number of nitrogens with zero attached hydrogens (tertiary/aromatic N) is 4. The molecule has 2 aliphatic heterocycles. The van der Waals surface area contributed by atoms with Crippen molar-refractivity contribution in [3.05, 3.63) is 35.4 Å². The summed E-state index contributed by atoms with van der Waals surface area (Å²) in [5.74, 6) is 0.941. The van der Waals surface area contributed by atoms with E-state index < -0.39 is 0 Å². The third kappa shape index (κ3) is 6.91. The lowest BCUT2D eigenvalue weighted by Gasteiger charge is -2.47. The first-order chi connectivity index (χ1) is 15.5. The lowest BCUT2D eigenvalue weighted by molar-refractivity contribution is -0.134. The topological polar surface area (TPSA) is 48.3 Å². The minimum atomic E-state index is 0.225. The van der Waals surface area contributed by atoms with E-state index in [1.54, 1.807) is 6.34 Å². The lowest BCUT2D eigenvalue weighted by Crippen LogP contribution is -2.50. The standard InChI is InChI=1S/C27H42N4O/c1-4-5-6-7-8-24(3)27(21-31-20-17-28-22-29-31)15-18-30(19-16-27)26(32)14-13-25-11-9-23(2)10-12-25/h9-12,17,22,24H,4-8,13-16,18-21H2,1-3H3. The van der Waals surface area contributed by atoms with Crippen molar-refractivity contribution in [3.63, 3.8) is 0 Å². The van der Waals surface area contributed by atoms with Crippen LogP contribution in [-0.4, -0.2) is 54.5 Å². The largest absolute Gasteiger partial charge is 0.343 e. The minimum absolute atomic E-state index is 0.225. The normalized spacial score (nSPS) is 18.7. The number of hydrogen-bond acceptors (Lipinski definition) is 4. The molecule has 1 unspecified atom stereocenters. The maximum atomic E-state index is 12.9. The van der Waals surface area contributed by atoms with E-state index in [1.807, 2.05) is 6.21 Å². The van der Waals surface area contributed by atoms with Crippen LogP contribution in [0.25, 0.3) is 0 Å². The Labute approximate surface area is 195 Å². The number of amides is 1. The van der Waals surface area contributed by atoms with Gasteiger partial charge < -0.3 is 4.90 Å². The van der Waals surface area contributed by atoms with Crippen molar-refractivity contribution in [2.45, 2.75) is 78.6 Å². The van der Waals surface area contributed by atoms with Gasteiger partial charge in [0.25, 0.3) is 0 Å². The molecular weight excluding hydrogens is 396 g/mol. The van der Waals surface area contributed by atoms with Gasteiger partial charge in [-0.15, -0.1) is 0 Å². The van der Waals surface area contributed by atoms with Crippen molar-refractivity contribution in [1.82, 2.24) is 9.91 Å². The Morgan fingerprint density at radius 3 is 2.53 bits per heavy atom. The highest BCUT2D eigenvalue weighted by Crippen LogP contribution is 2.42. The fourth-order valence-electron chi connectivity index (χ4n) is 5.16. The van der Waals surface area contributed by atoms with Gasteiger partial charge in [0.15, 0.2) is 0 Å². The molecule has 176 valence electrons. The van der Waals surface area contributed by atoms with Crippen LogP contribution in [0.15, 0.2) is 34.4 Å². The molecule has 1 atom stereocenters. The number of rotatable bonds is 11. The Hall–Kier alpha value is -2.17. The van der Waals surface area contributed by atoms with E-state index in [0.29, 0.717) is 18.2 Å². The Morgan fingerprint density at radius 1 is 1.12 bits per heavy atom. The van der Waals surface area contributed by atoms with Crippen LogP contribution in [0.3, 0.4) is 0 Å². The number of carbonyl (C=O) groups excluding carboxylic acids is 1. The van der Waals surface area contributed by atoms with Gasteiger partial charge >= 0.3 is 0 Å². The predicted octanol–water partition coefficient (Wildman–Crippen LogP) is 5.47. The van der Waals surface area contributed by atoms with Crippen LogP contribution < -0.4 is 0 Å². The number of piperidine rings is 1. The van der Waals surface area contributed by atoms with Crippen LogP contribution >= 0.6 is 0 Å². The van der Waals surface area contributed by atoms with E-state index in [4.69, 9.17) is 0 Å². The molecular formula is C27H42N4O. The van der Waals surface area contributed by atoms with Crippen molar-refractivity contribution < 1.29 is 4.79 Å². The van der Waals surface area contributed by atoms with E-state index in [0.717, 1.165) is 45.4 Å². The van der Waals surface area contributed by atoms with Crippen LogP contribution in [0.1, 0.15) is 76.3 Å². The fraction of sp³-hybridized carbons (Fsp3) is 0.667. The number of carbonyl (C=O) groups is 1. The van der Waals surface area contributed by atoms with E-state index >= 15 is 0 Å². The molecule has 2 aliphatic rings. The summed E-state index contributed by atoms with van der Waals surface area (Å²) in [5.41, 5.74) is 2.74. The summed E-state index contributed by atoms with van der Waals surface area (Å²) in [6.07, 6.45) is 13.7. The van der Waals surface area contributed by atoms with Gasteiger partial charge in [0.05, 0.1) is 6.54 Å². The highest BCUT2D eigenvalue weighted by Gasteiger charge is 2.41. The van der Waals surface area contributed by atoms with Crippen LogP contribution in [-0.2, 0) is 11.2 Å². The average Bonchev–Trinajstić information content (AvgIpc) is 2.82. The molecule has 2 heterocycles. The lowest BCUT2D eigenvalue weighted by atomic mass is 9.67. The Bertz CT molecular complexity index is 762. The molecule has 0 aliphatic carbocycles. The smallest absolute Gasteiger partial charge is 0.222 e. The summed E-state index contributed by atoms with van der Waals surface area (Å²) < 4.78 is 0. The van der Waals surface area contributed by atoms with Crippen LogP contribution in [0.4, 0.5) is 0 Å². The van der Waals surface area contributed by atoms with Gasteiger partial charge in [-0.2, -0.15) is 5.10 Å². The molecule has 0 saturated carbocycles. The number of hydrogen-bond donors (Lipinski definition) is 0. The van der Waals surface area contributed by atoms with Gasteiger partial charge in [0, 0.05) is 32.3 Å². The molecule has 3 rings (SSSR count). The summed E-state index contributed by atoms with van der Waals surface area (Å²) in [6, 6.07) is 8.55. The predicted molar refractivity (Wildman–Crippen MR) is 134 cm³/mol. The van der Waals surface area contributed by atoms with Gasteiger partial charge in [-0.3, -0.25) is 9.80 Å². The number of aliphatic imine (C=N–C) groups is 1. The van der Waals surface area contributed by atoms with Gasteiger partial charge in [-0.25, -0.2) is 4.99 Å². The summed E-state index contributed by atoms with van der Waals surface area (Å²) in [5, 5.41) is 6.68. The fourth-order valence-corrected chi connectivity index (χ4v) is 5.16. The second-order valence-electron chi connectivity index (χ2n) is 9.89. The second-order valence-corrected chi connectivity index (χ2v) is 9.89. The quantitative estimate of drug-likeness (QED) is 0.430. The second kappa shape index (κ2) is 12.2. The van der Waals surface area contributed by atoms with E-state index in [2.05, 4.69) is 65.0 Å². The van der Waals surface area contributed by atoms with Crippen LogP contribution in [0.5, 0.6) is 0 Å². The number of likely N-dealkylation sites (tertiary alicyclic amines) is 1. The molecule has 0 aromatic heterocycles. The first-order valence-electron chi connectivity index (χ1n) is 12.6. The van der Waals surface area contributed by atoms with Gasteiger partial charge in [0.2, 0.25) is 5.91 Å². The highest BCUT2D eigenvalue weighted by molar-refractivity contribution is 5.76. The maximum Gasteiger partial charge on any atom is 0.222 e. The first-order valence-corrected chi connectivity index (χ1v) is 12.6. The Balaban J connectivity index is 1.56. The SMILES string of the molecule is CCCCCCC(C)C1(CN2CC=NC=N2)CCN(C(=O)CCc2ccc(C)cc2)CC1. The summed E-state index contributed by atoms with van der Waals surface area (Å²) >= 11 is 0. The maximum absolute atomic E-state index is 12.9. The molecule has 5 nitrogen and oxygen atoms in total. The third-order valence-electron chi connectivity index (χ3n) is 7.57. The summed E-state index contributed by atoms with van der Waals surface area (Å²) in [4.78, 5) is 19.2. The molecule has 1 amide bonds. The summed E-state index contributed by atoms with van der Waals surface area (Å²) in [6.45, 7) is 10.3. The van der Waals surface area contributed by atoms with Crippen LogP contribution in [0.2, 0.25) is 0 Å². The monoisotopic (exact) mass is 438 g/mol. The van der Waals surface area contributed by atoms with Crippen molar-refractivity contribution in [2.24, 2.45) is 21.4 Å². The number of benzene rings is 1.